The molecule has 2 N–H and O–H groups in total. The molecule has 0 aliphatic rings. The van der Waals surface area contributed by atoms with Crippen molar-refractivity contribution in [3.05, 3.63) is 84.2 Å². The maximum Gasteiger partial charge on any atom is 0.256 e. The van der Waals surface area contributed by atoms with E-state index in [1.807, 2.05) is 19.9 Å². The lowest BCUT2D eigenvalue weighted by atomic mass is 10.1. The van der Waals surface area contributed by atoms with Crippen LogP contribution in [0.15, 0.2) is 67.3 Å². The number of fused-ring (bicyclic) bond motifs is 1. The average Bonchev–Trinajstić information content (AvgIpc) is 3.48. The van der Waals surface area contributed by atoms with Gasteiger partial charge >= 0.3 is 0 Å². The van der Waals surface area contributed by atoms with E-state index in [1.54, 1.807) is 53.5 Å². The first kappa shape index (κ1) is 21.3. The van der Waals surface area contributed by atoms with E-state index in [2.05, 4.69) is 30.8 Å². The van der Waals surface area contributed by atoms with Crippen LogP contribution in [-0.4, -0.2) is 35.4 Å². The monoisotopic (exact) mass is 456 g/mol. The molecule has 5 aromatic rings. The predicted octanol–water partition coefficient (Wildman–Crippen LogP) is 4.48. The lowest BCUT2D eigenvalue weighted by Crippen LogP contribution is -2.15. The fraction of sp³-hybridized carbons (Fsp3) is 0.125. The van der Waals surface area contributed by atoms with Gasteiger partial charge in [-0.2, -0.15) is 10.2 Å². The third-order valence-electron chi connectivity index (χ3n) is 5.46. The van der Waals surface area contributed by atoms with Crippen molar-refractivity contribution in [2.24, 2.45) is 0 Å². The van der Waals surface area contributed by atoms with E-state index >= 15 is 0 Å². The smallest absolute Gasteiger partial charge is 0.256 e. The number of benzene rings is 2. The highest BCUT2D eigenvalue weighted by Gasteiger charge is 2.16. The van der Waals surface area contributed by atoms with Crippen molar-refractivity contribution >= 4 is 34.3 Å². The minimum absolute atomic E-state index is 0.251. The maximum atomic E-state index is 14.3. The Morgan fingerprint density at radius 2 is 1.94 bits per heavy atom. The second-order valence-electron chi connectivity index (χ2n) is 7.61. The number of anilines is 3. The number of nitrogens with one attached hydrogen (secondary N) is 2. The molecule has 9 nitrogen and oxygen atoms in total. The lowest BCUT2D eigenvalue weighted by molar-refractivity contribution is 0.102. The zero-order chi connectivity index (χ0) is 23.7. The number of aryl methyl sites for hydroxylation is 2. The van der Waals surface area contributed by atoms with E-state index in [0.29, 0.717) is 46.2 Å². The van der Waals surface area contributed by atoms with Crippen LogP contribution in [0.1, 0.15) is 22.8 Å². The molecule has 0 saturated carbocycles. The van der Waals surface area contributed by atoms with Crippen molar-refractivity contribution in [3.63, 3.8) is 0 Å². The largest absolute Gasteiger partial charge is 0.339 e. The first-order chi connectivity index (χ1) is 16.5. The Labute approximate surface area is 194 Å². The van der Waals surface area contributed by atoms with Gasteiger partial charge in [-0.05, 0) is 43.7 Å². The zero-order valence-electron chi connectivity index (χ0n) is 18.5. The Bertz CT molecular complexity index is 1510. The Morgan fingerprint density at radius 1 is 1.09 bits per heavy atom. The minimum atomic E-state index is -0.403. The van der Waals surface area contributed by atoms with Crippen molar-refractivity contribution < 1.29 is 9.18 Å². The van der Waals surface area contributed by atoms with Crippen LogP contribution >= 0.6 is 0 Å². The van der Waals surface area contributed by atoms with Crippen LogP contribution in [0, 0.1) is 12.7 Å². The first-order valence-electron chi connectivity index (χ1n) is 10.7. The van der Waals surface area contributed by atoms with Crippen LogP contribution < -0.4 is 10.6 Å². The number of carbonyl (C=O) groups is 1. The van der Waals surface area contributed by atoms with Crippen molar-refractivity contribution in [2.75, 3.05) is 10.6 Å². The standard InChI is InChI=1S/C24H21FN8O/c1-3-32-21(10-11-28-32)31-24(34)16-9-8-15(2)19(12-16)30-22-17-13-29-33(23(17)27-14-26-22)20-7-5-4-6-18(20)25/h4-14H,3H2,1-2H3,(H,31,34)(H,26,27,30). The van der Waals surface area contributed by atoms with Gasteiger partial charge in [-0.1, -0.05) is 18.2 Å². The molecular formula is C24H21FN8O. The summed E-state index contributed by atoms with van der Waals surface area (Å²) in [7, 11) is 0. The second-order valence-corrected chi connectivity index (χ2v) is 7.61. The van der Waals surface area contributed by atoms with Gasteiger partial charge in [0.1, 0.15) is 29.5 Å². The lowest BCUT2D eigenvalue weighted by Gasteiger charge is -2.12. The molecule has 5 rings (SSSR count). The molecular weight excluding hydrogens is 435 g/mol. The van der Waals surface area contributed by atoms with Gasteiger partial charge in [0, 0.05) is 23.9 Å². The summed E-state index contributed by atoms with van der Waals surface area (Å²) in [6.45, 7) is 4.53. The van der Waals surface area contributed by atoms with Gasteiger partial charge in [0.2, 0.25) is 0 Å². The molecule has 170 valence electrons. The summed E-state index contributed by atoms with van der Waals surface area (Å²) in [5.74, 6) is 0.469. The number of amides is 1. The van der Waals surface area contributed by atoms with Crippen LogP contribution in [0.25, 0.3) is 16.7 Å². The van der Waals surface area contributed by atoms with E-state index in [1.165, 1.54) is 17.1 Å². The second kappa shape index (κ2) is 8.74. The number of carbonyl (C=O) groups excluding carboxylic acids is 1. The Hall–Kier alpha value is -4.60. The summed E-state index contributed by atoms with van der Waals surface area (Å²) in [4.78, 5) is 21.5. The summed E-state index contributed by atoms with van der Waals surface area (Å²) in [5, 5.41) is 15.3. The highest BCUT2D eigenvalue weighted by atomic mass is 19.1. The molecule has 0 spiro atoms. The molecule has 2 aromatic carbocycles. The van der Waals surface area contributed by atoms with E-state index in [0.717, 1.165) is 5.56 Å². The SMILES string of the molecule is CCn1nccc1NC(=O)c1ccc(C)c(Nc2ncnc3c2cnn3-c2ccccc2F)c1. The highest BCUT2D eigenvalue weighted by Crippen LogP contribution is 2.27. The minimum Gasteiger partial charge on any atom is -0.339 e. The highest BCUT2D eigenvalue weighted by molar-refractivity contribution is 6.04. The average molecular weight is 456 g/mol. The number of nitrogens with zero attached hydrogens (tertiary/aromatic N) is 6. The van der Waals surface area contributed by atoms with Gasteiger partial charge in [0.25, 0.3) is 5.91 Å². The number of hydrogen-bond acceptors (Lipinski definition) is 6. The van der Waals surface area contributed by atoms with E-state index < -0.39 is 5.82 Å². The molecule has 0 saturated heterocycles. The molecule has 0 atom stereocenters. The van der Waals surface area contributed by atoms with Crippen LogP contribution in [0.5, 0.6) is 0 Å². The van der Waals surface area contributed by atoms with Gasteiger partial charge in [-0.15, -0.1) is 0 Å². The number of rotatable bonds is 6. The molecule has 0 aliphatic heterocycles. The van der Waals surface area contributed by atoms with Gasteiger partial charge < -0.3 is 10.6 Å². The third kappa shape index (κ3) is 3.85. The van der Waals surface area contributed by atoms with Crippen LogP contribution in [0.4, 0.5) is 21.7 Å². The fourth-order valence-corrected chi connectivity index (χ4v) is 3.65. The summed E-state index contributed by atoms with van der Waals surface area (Å²) in [6.07, 6.45) is 4.62. The molecule has 0 bridgehead atoms. The normalized spacial score (nSPS) is 11.0. The van der Waals surface area contributed by atoms with Gasteiger partial charge in [0.05, 0.1) is 17.8 Å². The molecule has 0 unspecified atom stereocenters. The molecule has 3 aromatic heterocycles. The predicted molar refractivity (Wildman–Crippen MR) is 127 cm³/mol. The van der Waals surface area contributed by atoms with Gasteiger partial charge in [-0.3, -0.25) is 4.79 Å². The maximum absolute atomic E-state index is 14.3. The van der Waals surface area contributed by atoms with E-state index in [4.69, 9.17) is 0 Å². The van der Waals surface area contributed by atoms with E-state index in [-0.39, 0.29) is 5.91 Å². The first-order valence-corrected chi connectivity index (χ1v) is 10.7. The Morgan fingerprint density at radius 3 is 2.76 bits per heavy atom. The number of hydrogen-bond donors (Lipinski definition) is 2. The Kier molecular flexibility index (Phi) is 5.46. The van der Waals surface area contributed by atoms with Gasteiger partial charge in [-0.25, -0.2) is 23.7 Å². The van der Waals surface area contributed by atoms with Gasteiger partial charge in [0.15, 0.2) is 5.65 Å². The van der Waals surface area contributed by atoms with Crippen molar-refractivity contribution in [3.8, 4) is 5.69 Å². The molecule has 0 fully saturated rings. The molecule has 3 heterocycles. The van der Waals surface area contributed by atoms with E-state index in [9.17, 15) is 9.18 Å². The van der Waals surface area contributed by atoms with Crippen LogP contribution in [0.3, 0.4) is 0 Å². The summed E-state index contributed by atoms with van der Waals surface area (Å²) < 4.78 is 17.5. The van der Waals surface area contributed by atoms with Crippen molar-refractivity contribution in [1.29, 1.82) is 0 Å². The summed E-state index contributed by atoms with van der Waals surface area (Å²) >= 11 is 0. The molecule has 1 amide bonds. The number of aromatic nitrogens is 6. The molecule has 34 heavy (non-hydrogen) atoms. The molecule has 0 radical (unpaired) electrons. The van der Waals surface area contributed by atoms with Crippen LogP contribution in [0.2, 0.25) is 0 Å². The number of halogens is 1. The molecule has 0 aliphatic carbocycles. The topological polar surface area (TPSA) is 103 Å². The van der Waals surface area contributed by atoms with Crippen molar-refractivity contribution in [2.45, 2.75) is 20.4 Å². The van der Waals surface area contributed by atoms with Crippen LogP contribution in [-0.2, 0) is 6.54 Å². The fourth-order valence-electron chi connectivity index (χ4n) is 3.65. The zero-order valence-corrected chi connectivity index (χ0v) is 18.5. The quantitative estimate of drug-likeness (QED) is 0.391. The summed E-state index contributed by atoms with van der Waals surface area (Å²) in [6, 6.07) is 13.5. The van der Waals surface area contributed by atoms with Crippen molar-refractivity contribution in [1.82, 2.24) is 29.5 Å². The molecule has 10 heteroatoms. The Balaban J connectivity index is 1.46. The third-order valence-corrected chi connectivity index (χ3v) is 5.46. The summed E-state index contributed by atoms with van der Waals surface area (Å²) in [5.41, 5.74) is 2.85. The number of para-hydroxylation sites is 1.